The van der Waals surface area contributed by atoms with E-state index in [1.807, 2.05) is 22.6 Å². The minimum atomic E-state index is -0.757. The molecule has 0 aliphatic heterocycles. The molecule has 4 nitrogen and oxygen atoms in total. The molecule has 0 saturated carbocycles. The van der Waals surface area contributed by atoms with E-state index in [-0.39, 0.29) is 5.56 Å². The van der Waals surface area contributed by atoms with Crippen molar-refractivity contribution >= 4 is 22.6 Å². The van der Waals surface area contributed by atoms with Crippen LogP contribution in [0.2, 0.25) is 0 Å². The maximum absolute atomic E-state index is 11.7. The van der Waals surface area contributed by atoms with Crippen LogP contribution in [0.5, 0.6) is 0 Å². The average Bonchev–Trinajstić information content (AvgIpc) is 2.10. The molecule has 15 heavy (non-hydrogen) atoms. The molecule has 0 atom stereocenters. The molecule has 5 heteroatoms. The minimum Gasteiger partial charge on any atom is -0.390 e. The molecular weight excluding hydrogens is 307 g/mol. The number of hydrogen-bond donors (Lipinski definition) is 1. The number of hydrogen-bond acceptors (Lipinski definition) is 3. The Hall–Kier alpha value is -0.430. The summed E-state index contributed by atoms with van der Waals surface area (Å²) in [5, 5.41) is 9.59. The van der Waals surface area contributed by atoms with Crippen LogP contribution in [0.15, 0.2) is 11.0 Å². The smallest absolute Gasteiger partial charge is 0.266 e. The zero-order valence-corrected chi connectivity index (χ0v) is 11.3. The van der Waals surface area contributed by atoms with Crippen molar-refractivity contribution in [2.45, 2.75) is 39.3 Å². The van der Waals surface area contributed by atoms with E-state index in [1.165, 1.54) is 0 Å². The second-order valence-corrected chi connectivity index (χ2v) is 5.33. The van der Waals surface area contributed by atoms with Crippen molar-refractivity contribution in [2.75, 3.05) is 0 Å². The van der Waals surface area contributed by atoms with E-state index in [4.69, 9.17) is 0 Å². The zero-order valence-electron chi connectivity index (χ0n) is 9.12. The lowest BCUT2D eigenvalue weighted by Gasteiger charge is -2.18. The van der Waals surface area contributed by atoms with Crippen LogP contribution in [0.3, 0.4) is 0 Å². The monoisotopic (exact) mass is 322 g/mol. The van der Waals surface area contributed by atoms with Crippen molar-refractivity contribution in [3.8, 4) is 0 Å². The Labute approximate surface area is 102 Å². The molecule has 1 aromatic heterocycles. The van der Waals surface area contributed by atoms with Crippen molar-refractivity contribution in [3.05, 3.63) is 25.9 Å². The lowest BCUT2D eigenvalue weighted by molar-refractivity contribution is 0.0656. The van der Waals surface area contributed by atoms with Gasteiger partial charge in [0.15, 0.2) is 0 Å². The Balaban J connectivity index is 2.95. The molecule has 1 heterocycles. The van der Waals surface area contributed by atoms with Crippen molar-refractivity contribution in [2.24, 2.45) is 0 Å². The standard InChI is InChI=1S/C10H15IN2O2/c1-7-12-6-8(11)9(14)13(7)5-4-10(2,3)15/h6,15H,4-5H2,1-3H3. The normalized spacial score (nSPS) is 11.8. The second-order valence-electron chi connectivity index (χ2n) is 4.17. The van der Waals surface area contributed by atoms with Crippen LogP contribution in [0, 0.1) is 10.5 Å². The summed E-state index contributed by atoms with van der Waals surface area (Å²) in [7, 11) is 0. The fourth-order valence-corrected chi connectivity index (χ4v) is 1.63. The van der Waals surface area contributed by atoms with E-state index in [9.17, 15) is 9.90 Å². The van der Waals surface area contributed by atoms with Crippen LogP contribution in [-0.4, -0.2) is 20.3 Å². The number of nitrogens with zero attached hydrogens (tertiary/aromatic N) is 2. The summed E-state index contributed by atoms with van der Waals surface area (Å²) in [4.78, 5) is 15.9. The van der Waals surface area contributed by atoms with Crippen LogP contribution in [0.1, 0.15) is 26.1 Å². The first-order chi connectivity index (χ1) is 6.81. The van der Waals surface area contributed by atoms with Crippen molar-refractivity contribution < 1.29 is 5.11 Å². The Morgan fingerprint density at radius 2 is 2.20 bits per heavy atom. The average molecular weight is 322 g/mol. The molecule has 1 N–H and O–H groups in total. The van der Waals surface area contributed by atoms with Crippen LogP contribution < -0.4 is 5.56 Å². The van der Waals surface area contributed by atoms with Gasteiger partial charge in [0, 0.05) is 12.7 Å². The molecule has 0 amide bonds. The van der Waals surface area contributed by atoms with E-state index in [0.717, 1.165) is 0 Å². The van der Waals surface area contributed by atoms with Crippen LogP contribution in [-0.2, 0) is 6.54 Å². The molecule has 0 radical (unpaired) electrons. The summed E-state index contributed by atoms with van der Waals surface area (Å²) < 4.78 is 2.20. The predicted octanol–water partition coefficient (Wildman–Crippen LogP) is 1.32. The molecule has 84 valence electrons. The van der Waals surface area contributed by atoms with Crippen LogP contribution >= 0.6 is 22.6 Å². The molecule has 0 aliphatic carbocycles. The van der Waals surface area contributed by atoms with E-state index in [0.29, 0.717) is 22.4 Å². The molecule has 0 fully saturated rings. The lowest BCUT2D eigenvalue weighted by atomic mass is 10.1. The summed E-state index contributed by atoms with van der Waals surface area (Å²) in [6.07, 6.45) is 2.11. The van der Waals surface area contributed by atoms with Gasteiger partial charge in [-0.1, -0.05) is 0 Å². The molecular formula is C10H15IN2O2. The van der Waals surface area contributed by atoms with Crippen molar-refractivity contribution in [1.29, 1.82) is 0 Å². The highest BCUT2D eigenvalue weighted by Crippen LogP contribution is 2.09. The molecule has 1 aromatic rings. The van der Waals surface area contributed by atoms with Gasteiger partial charge in [0.05, 0.1) is 9.17 Å². The highest BCUT2D eigenvalue weighted by atomic mass is 127. The Kier molecular flexibility index (Phi) is 3.88. The minimum absolute atomic E-state index is 0.0349. The summed E-state index contributed by atoms with van der Waals surface area (Å²) in [5.41, 5.74) is -0.792. The van der Waals surface area contributed by atoms with Gasteiger partial charge in [-0.05, 0) is 49.8 Å². The van der Waals surface area contributed by atoms with Gasteiger partial charge in [0.2, 0.25) is 0 Å². The number of aliphatic hydroxyl groups is 1. The first kappa shape index (κ1) is 12.6. The topological polar surface area (TPSA) is 55.1 Å². The highest BCUT2D eigenvalue weighted by molar-refractivity contribution is 14.1. The molecule has 0 spiro atoms. The molecule has 1 rings (SSSR count). The third kappa shape index (κ3) is 3.57. The molecule has 0 saturated heterocycles. The third-order valence-electron chi connectivity index (χ3n) is 2.15. The van der Waals surface area contributed by atoms with Gasteiger partial charge in [0.1, 0.15) is 5.82 Å². The summed E-state index contributed by atoms with van der Waals surface area (Å²) in [5.74, 6) is 0.685. The Morgan fingerprint density at radius 1 is 1.60 bits per heavy atom. The quantitative estimate of drug-likeness (QED) is 0.854. The lowest BCUT2D eigenvalue weighted by Crippen LogP contribution is -2.29. The number of aromatic nitrogens is 2. The molecule has 0 aliphatic rings. The molecule has 0 aromatic carbocycles. The number of rotatable bonds is 3. The third-order valence-corrected chi connectivity index (χ3v) is 2.89. The molecule has 0 bridgehead atoms. The zero-order chi connectivity index (χ0) is 11.6. The van der Waals surface area contributed by atoms with E-state index < -0.39 is 5.60 Å². The second kappa shape index (κ2) is 4.61. The summed E-state index contributed by atoms with van der Waals surface area (Å²) in [6.45, 7) is 5.75. The SMILES string of the molecule is Cc1ncc(I)c(=O)n1CCC(C)(C)O. The van der Waals surface area contributed by atoms with E-state index in [1.54, 1.807) is 31.5 Å². The van der Waals surface area contributed by atoms with Gasteiger partial charge in [-0.3, -0.25) is 9.36 Å². The first-order valence-electron chi connectivity index (χ1n) is 4.75. The van der Waals surface area contributed by atoms with Gasteiger partial charge in [-0.25, -0.2) is 4.98 Å². The van der Waals surface area contributed by atoms with E-state index >= 15 is 0 Å². The first-order valence-corrected chi connectivity index (χ1v) is 5.83. The van der Waals surface area contributed by atoms with Gasteiger partial charge in [-0.2, -0.15) is 0 Å². The van der Waals surface area contributed by atoms with Crippen LogP contribution in [0.25, 0.3) is 0 Å². The van der Waals surface area contributed by atoms with Crippen molar-refractivity contribution in [3.63, 3.8) is 0 Å². The van der Waals surface area contributed by atoms with Crippen molar-refractivity contribution in [1.82, 2.24) is 9.55 Å². The summed E-state index contributed by atoms with van der Waals surface area (Å²) in [6, 6.07) is 0. The van der Waals surface area contributed by atoms with Gasteiger partial charge < -0.3 is 5.11 Å². The number of aryl methyl sites for hydroxylation is 1. The maximum Gasteiger partial charge on any atom is 0.266 e. The highest BCUT2D eigenvalue weighted by Gasteiger charge is 2.14. The maximum atomic E-state index is 11.7. The fourth-order valence-electron chi connectivity index (χ4n) is 1.20. The largest absolute Gasteiger partial charge is 0.390 e. The van der Waals surface area contributed by atoms with Crippen LogP contribution in [0.4, 0.5) is 0 Å². The predicted molar refractivity (Wildman–Crippen MR) is 66.9 cm³/mol. The van der Waals surface area contributed by atoms with Gasteiger partial charge >= 0.3 is 0 Å². The molecule has 0 unspecified atom stereocenters. The fraction of sp³-hybridized carbons (Fsp3) is 0.600. The van der Waals surface area contributed by atoms with E-state index in [2.05, 4.69) is 4.98 Å². The Bertz CT molecular complexity index is 407. The summed E-state index contributed by atoms with van der Waals surface area (Å²) >= 11 is 1.97. The van der Waals surface area contributed by atoms with Gasteiger partial charge in [0.25, 0.3) is 5.56 Å². The van der Waals surface area contributed by atoms with Gasteiger partial charge in [-0.15, -0.1) is 0 Å². The number of halogens is 1. The Morgan fingerprint density at radius 3 is 2.73 bits per heavy atom.